The second-order valence-electron chi connectivity index (χ2n) is 6.89. The predicted octanol–water partition coefficient (Wildman–Crippen LogP) is 3.23. The van der Waals surface area contributed by atoms with Crippen LogP contribution in [-0.2, 0) is 14.3 Å². The minimum atomic E-state index is -0.931. The van der Waals surface area contributed by atoms with Gasteiger partial charge in [0.15, 0.2) is 0 Å². The second kappa shape index (κ2) is 7.66. The van der Waals surface area contributed by atoms with Gasteiger partial charge >= 0.3 is 12.1 Å². The Labute approximate surface area is 142 Å². The van der Waals surface area contributed by atoms with Crippen LogP contribution in [-0.4, -0.2) is 47.0 Å². The molecular formula is C18H25NO5. The number of nitrogens with zero attached hydrogens (tertiary/aromatic N) is 1. The van der Waals surface area contributed by atoms with Gasteiger partial charge in [-0.2, -0.15) is 0 Å². The lowest BCUT2D eigenvalue weighted by Gasteiger charge is -2.37. The zero-order valence-corrected chi connectivity index (χ0v) is 14.4. The van der Waals surface area contributed by atoms with Gasteiger partial charge in [-0.1, -0.05) is 30.3 Å². The molecule has 1 aliphatic heterocycles. The van der Waals surface area contributed by atoms with Crippen LogP contribution < -0.4 is 0 Å². The van der Waals surface area contributed by atoms with Crippen molar-refractivity contribution in [3.8, 4) is 0 Å². The molecule has 24 heavy (non-hydrogen) atoms. The molecule has 1 saturated heterocycles. The van der Waals surface area contributed by atoms with E-state index >= 15 is 0 Å². The molecule has 0 aliphatic carbocycles. The molecule has 0 aromatic heterocycles. The first-order valence-corrected chi connectivity index (χ1v) is 8.17. The van der Waals surface area contributed by atoms with Crippen LogP contribution >= 0.6 is 0 Å². The van der Waals surface area contributed by atoms with Crippen molar-refractivity contribution in [2.24, 2.45) is 0 Å². The van der Waals surface area contributed by atoms with Gasteiger partial charge in [0.05, 0.1) is 12.5 Å². The molecule has 1 fully saturated rings. The first-order valence-electron chi connectivity index (χ1n) is 8.17. The lowest BCUT2D eigenvalue weighted by molar-refractivity contribution is -0.143. The van der Waals surface area contributed by atoms with Crippen LogP contribution in [0.2, 0.25) is 0 Å². The van der Waals surface area contributed by atoms with Gasteiger partial charge in [-0.25, -0.2) is 4.79 Å². The van der Waals surface area contributed by atoms with E-state index in [1.165, 1.54) is 4.90 Å². The third kappa shape index (κ3) is 4.96. The Kier molecular flexibility index (Phi) is 5.83. The summed E-state index contributed by atoms with van der Waals surface area (Å²) >= 11 is 0. The standard InChI is InChI=1S/C18H25NO5/c1-18(2,3)24-17(22)19-10-7-11-23-15(19)12-14(16(20)21)13-8-5-4-6-9-13/h4-6,8-9,14-15H,7,10-12H2,1-3H3,(H,20,21). The van der Waals surface area contributed by atoms with Gasteiger partial charge in [0, 0.05) is 13.0 Å². The zero-order chi connectivity index (χ0) is 17.7. The molecule has 1 aromatic rings. The van der Waals surface area contributed by atoms with E-state index in [9.17, 15) is 14.7 Å². The van der Waals surface area contributed by atoms with Crippen molar-refractivity contribution in [3.63, 3.8) is 0 Å². The summed E-state index contributed by atoms with van der Waals surface area (Å²) < 4.78 is 11.1. The number of aliphatic carboxylic acids is 1. The third-order valence-electron chi connectivity index (χ3n) is 3.77. The van der Waals surface area contributed by atoms with Crippen LogP contribution in [0.15, 0.2) is 30.3 Å². The first kappa shape index (κ1) is 18.3. The van der Waals surface area contributed by atoms with E-state index in [2.05, 4.69) is 0 Å². The van der Waals surface area contributed by atoms with Crippen molar-refractivity contribution in [3.05, 3.63) is 35.9 Å². The van der Waals surface area contributed by atoms with E-state index in [0.717, 1.165) is 0 Å². The van der Waals surface area contributed by atoms with Crippen LogP contribution in [0.3, 0.4) is 0 Å². The normalized spacial score (nSPS) is 19.6. The minimum absolute atomic E-state index is 0.193. The van der Waals surface area contributed by atoms with Gasteiger partial charge in [0.2, 0.25) is 0 Å². The number of carbonyl (C=O) groups excluding carboxylic acids is 1. The average Bonchev–Trinajstić information content (AvgIpc) is 2.52. The largest absolute Gasteiger partial charge is 0.481 e. The second-order valence-corrected chi connectivity index (χ2v) is 6.89. The fourth-order valence-corrected chi connectivity index (χ4v) is 2.68. The summed E-state index contributed by atoms with van der Waals surface area (Å²) in [5, 5.41) is 9.58. The molecule has 0 radical (unpaired) electrons. The number of ether oxygens (including phenoxy) is 2. The highest BCUT2D eigenvalue weighted by atomic mass is 16.6. The topological polar surface area (TPSA) is 76.1 Å². The van der Waals surface area contributed by atoms with Gasteiger partial charge < -0.3 is 14.6 Å². The highest BCUT2D eigenvalue weighted by Gasteiger charge is 2.35. The van der Waals surface area contributed by atoms with E-state index < -0.39 is 29.8 Å². The molecular weight excluding hydrogens is 310 g/mol. The summed E-state index contributed by atoms with van der Waals surface area (Å²) in [6.07, 6.45) is -0.170. The molecule has 132 valence electrons. The van der Waals surface area contributed by atoms with Crippen LogP contribution in [0, 0.1) is 0 Å². The van der Waals surface area contributed by atoms with Gasteiger partial charge in [-0.3, -0.25) is 9.69 Å². The van der Waals surface area contributed by atoms with Crippen LogP contribution in [0.5, 0.6) is 0 Å². The third-order valence-corrected chi connectivity index (χ3v) is 3.77. The Morgan fingerprint density at radius 3 is 2.58 bits per heavy atom. The van der Waals surface area contributed by atoms with Gasteiger partial charge in [0.25, 0.3) is 0 Å². The average molecular weight is 335 g/mol. The molecule has 1 N–H and O–H groups in total. The maximum absolute atomic E-state index is 12.4. The monoisotopic (exact) mass is 335 g/mol. The van der Waals surface area contributed by atoms with E-state index in [0.29, 0.717) is 25.1 Å². The highest BCUT2D eigenvalue weighted by molar-refractivity contribution is 5.76. The number of hydrogen-bond acceptors (Lipinski definition) is 4. The Morgan fingerprint density at radius 2 is 2.00 bits per heavy atom. The summed E-state index contributed by atoms with van der Waals surface area (Å²) in [6, 6.07) is 9.00. The molecule has 1 aromatic carbocycles. The molecule has 6 nitrogen and oxygen atoms in total. The lowest BCUT2D eigenvalue weighted by Crippen LogP contribution is -2.49. The molecule has 1 aliphatic rings. The molecule has 6 heteroatoms. The fourth-order valence-electron chi connectivity index (χ4n) is 2.68. The Balaban J connectivity index is 2.14. The number of amides is 1. The quantitative estimate of drug-likeness (QED) is 0.914. The Hall–Kier alpha value is -2.08. The number of benzene rings is 1. The zero-order valence-electron chi connectivity index (χ0n) is 14.4. The number of carboxylic acids is 1. The summed E-state index contributed by atoms with van der Waals surface area (Å²) in [4.78, 5) is 25.6. The van der Waals surface area contributed by atoms with Crippen molar-refractivity contribution >= 4 is 12.1 Å². The lowest BCUT2D eigenvalue weighted by atomic mass is 9.94. The van der Waals surface area contributed by atoms with Crippen molar-refractivity contribution in [1.82, 2.24) is 4.90 Å². The maximum Gasteiger partial charge on any atom is 0.412 e. The van der Waals surface area contributed by atoms with Gasteiger partial charge in [-0.15, -0.1) is 0 Å². The van der Waals surface area contributed by atoms with E-state index in [1.54, 1.807) is 45.0 Å². The maximum atomic E-state index is 12.4. The van der Waals surface area contributed by atoms with Crippen molar-refractivity contribution < 1.29 is 24.2 Å². The Morgan fingerprint density at radius 1 is 1.33 bits per heavy atom. The minimum Gasteiger partial charge on any atom is -0.481 e. The van der Waals surface area contributed by atoms with Crippen LogP contribution in [0.25, 0.3) is 0 Å². The summed E-state index contributed by atoms with van der Waals surface area (Å²) in [6.45, 7) is 6.41. The SMILES string of the molecule is CC(C)(C)OC(=O)N1CCCOC1CC(C(=O)O)c1ccccc1. The number of hydrogen-bond donors (Lipinski definition) is 1. The van der Waals surface area contributed by atoms with Crippen molar-refractivity contribution in [2.75, 3.05) is 13.2 Å². The van der Waals surface area contributed by atoms with E-state index in [1.807, 2.05) is 6.07 Å². The molecule has 2 atom stereocenters. The van der Waals surface area contributed by atoms with Crippen molar-refractivity contribution in [1.29, 1.82) is 0 Å². The van der Waals surface area contributed by atoms with Crippen LogP contribution in [0.4, 0.5) is 4.79 Å². The Bertz CT molecular complexity index is 567. The molecule has 1 amide bonds. The van der Waals surface area contributed by atoms with Gasteiger partial charge in [0.1, 0.15) is 11.8 Å². The van der Waals surface area contributed by atoms with Crippen LogP contribution in [0.1, 0.15) is 45.1 Å². The molecule has 0 bridgehead atoms. The molecule has 2 unspecified atom stereocenters. The summed E-state index contributed by atoms with van der Waals surface area (Å²) in [7, 11) is 0. The van der Waals surface area contributed by atoms with E-state index in [4.69, 9.17) is 9.47 Å². The summed E-state index contributed by atoms with van der Waals surface area (Å²) in [5.41, 5.74) is 0.0911. The van der Waals surface area contributed by atoms with Crippen molar-refractivity contribution in [2.45, 2.75) is 51.4 Å². The number of rotatable bonds is 4. The smallest absolute Gasteiger partial charge is 0.412 e. The number of carbonyl (C=O) groups is 2. The first-order chi connectivity index (χ1) is 11.3. The molecule has 2 rings (SSSR count). The van der Waals surface area contributed by atoms with E-state index in [-0.39, 0.29) is 6.42 Å². The summed E-state index contributed by atoms with van der Waals surface area (Å²) in [5.74, 6) is -1.67. The fraction of sp³-hybridized carbons (Fsp3) is 0.556. The molecule has 0 saturated carbocycles. The van der Waals surface area contributed by atoms with Gasteiger partial charge in [-0.05, 0) is 32.8 Å². The molecule has 0 spiro atoms. The highest BCUT2D eigenvalue weighted by Crippen LogP contribution is 2.27. The number of carboxylic acid groups (broad SMARTS) is 1. The predicted molar refractivity (Wildman–Crippen MR) is 88.7 cm³/mol. The molecule has 1 heterocycles.